The molecule has 2 N–H and O–H groups in total. The maximum atomic E-state index is 12.3. The Labute approximate surface area is 301 Å². The SMILES string of the molecule is CC/C=C\C/C=C\C/C=C\C/C=C\C/C=C\CCCC(=O)OC(COC(=O)C/C=C\C/C=C\C/C=C\C/C=C\C/C=C\CC)COP(=O)(O)O. The van der Waals surface area contributed by atoms with E-state index in [0.29, 0.717) is 19.3 Å². The molecule has 0 rings (SSSR count). The number of carbonyl (C=O) groups is 2. The molecule has 0 bridgehead atoms. The van der Waals surface area contributed by atoms with Gasteiger partial charge in [-0.05, 0) is 77.0 Å². The van der Waals surface area contributed by atoms with E-state index in [2.05, 4.69) is 110 Å². The van der Waals surface area contributed by atoms with Gasteiger partial charge in [0.05, 0.1) is 13.0 Å². The summed E-state index contributed by atoms with van der Waals surface area (Å²) in [5.41, 5.74) is 0. The summed E-state index contributed by atoms with van der Waals surface area (Å²) in [6, 6.07) is 0. The van der Waals surface area contributed by atoms with Crippen molar-refractivity contribution in [3.63, 3.8) is 0 Å². The van der Waals surface area contributed by atoms with E-state index < -0.39 is 32.5 Å². The van der Waals surface area contributed by atoms with Gasteiger partial charge in [0.15, 0.2) is 6.10 Å². The highest BCUT2D eigenvalue weighted by Crippen LogP contribution is 2.35. The molecule has 8 nitrogen and oxygen atoms in total. The lowest BCUT2D eigenvalue weighted by Crippen LogP contribution is -2.29. The molecule has 0 radical (unpaired) electrons. The highest BCUT2D eigenvalue weighted by atomic mass is 31.2. The lowest BCUT2D eigenvalue weighted by atomic mass is 10.2. The zero-order chi connectivity index (χ0) is 36.8. The summed E-state index contributed by atoms with van der Waals surface area (Å²) in [6.07, 6.45) is 50.9. The van der Waals surface area contributed by atoms with Crippen LogP contribution >= 0.6 is 7.82 Å². The molecule has 0 fully saturated rings. The third-order valence-corrected chi connectivity index (χ3v) is 6.99. The third-order valence-electron chi connectivity index (χ3n) is 6.51. The van der Waals surface area contributed by atoms with E-state index in [1.807, 2.05) is 24.3 Å². The van der Waals surface area contributed by atoms with Crippen molar-refractivity contribution in [2.24, 2.45) is 0 Å². The molecule has 0 amide bonds. The van der Waals surface area contributed by atoms with Crippen LogP contribution < -0.4 is 0 Å². The number of hydrogen-bond acceptors (Lipinski definition) is 6. The van der Waals surface area contributed by atoms with Crippen molar-refractivity contribution in [3.05, 3.63) is 122 Å². The van der Waals surface area contributed by atoms with Crippen LogP contribution in [0.15, 0.2) is 122 Å². The Bertz CT molecular complexity index is 1210. The molecule has 278 valence electrons. The summed E-state index contributed by atoms with van der Waals surface area (Å²) in [6.45, 7) is 3.28. The van der Waals surface area contributed by atoms with Crippen LogP contribution in [-0.4, -0.2) is 41.0 Å². The fourth-order valence-corrected chi connectivity index (χ4v) is 4.31. The van der Waals surface area contributed by atoms with Crippen LogP contribution in [-0.2, 0) is 28.2 Å². The number of phosphoric ester groups is 1. The Morgan fingerprint density at radius 1 is 0.540 bits per heavy atom. The molecule has 9 heteroatoms. The molecule has 0 aromatic heterocycles. The maximum Gasteiger partial charge on any atom is 0.469 e. The van der Waals surface area contributed by atoms with Gasteiger partial charge in [0, 0.05) is 6.42 Å². The van der Waals surface area contributed by atoms with Crippen LogP contribution in [0, 0.1) is 0 Å². The molecule has 0 aliphatic carbocycles. The molecule has 50 heavy (non-hydrogen) atoms. The first kappa shape index (κ1) is 46.5. The number of rotatable bonds is 30. The molecule has 0 aromatic rings. The number of phosphoric acid groups is 1. The van der Waals surface area contributed by atoms with Crippen LogP contribution in [0.1, 0.15) is 104 Å². The Morgan fingerprint density at radius 2 is 0.920 bits per heavy atom. The topological polar surface area (TPSA) is 119 Å². The molecule has 0 saturated heterocycles. The highest BCUT2D eigenvalue weighted by Gasteiger charge is 2.22. The van der Waals surface area contributed by atoms with Crippen LogP contribution in [0.25, 0.3) is 0 Å². The fourth-order valence-electron chi connectivity index (χ4n) is 3.95. The fraction of sp³-hybridized carbons (Fsp3) is 0.463. The first-order valence-corrected chi connectivity index (χ1v) is 19.4. The highest BCUT2D eigenvalue weighted by molar-refractivity contribution is 7.46. The Hall–Kier alpha value is -3.55. The summed E-state index contributed by atoms with van der Waals surface area (Å²) in [5, 5.41) is 0. The summed E-state index contributed by atoms with van der Waals surface area (Å²) < 4.78 is 26.1. The molecular weight excluding hydrogens is 651 g/mol. The zero-order valence-electron chi connectivity index (χ0n) is 30.2. The number of hydrogen-bond donors (Lipinski definition) is 2. The van der Waals surface area contributed by atoms with E-state index in [4.69, 9.17) is 19.3 Å². The quantitative estimate of drug-likeness (QED) is 0.0327. The Kier molecular flexibility index (Phi) is 32.8. The van der Waals surface area contributed by atoms with E-state index in [-0.39, 0.29) is 19.4 Å². The van der Waals surface area contributed by atoms with Crippen molar-refractivity contribution in [3.8, 4) is 0 Å². The van der Waals surface area contributed by atoms with Crippen LogP contribution in [0.3, 0.4) is 0 Å². The minimum absolute atomic E-state index is 0.0147. The summed E-state index contributed by atoms with van der Waals surface area (Å²) in [7, 11) is -4.79. The molecule has 0 spiro atoms. The number of ether oxygens (including phenoxy) is 2. The molecule has 0 aliphatic rings. The molecule has 1 unspecified atom stereocenters. The van der Waals surface area contributed by atoms with E-state index in [0.717, 1.165) is 57.8 Å². The first-order chi connectivity index (χ1) is 24.3. The van der Waals surface area contributed by atoms with Crippen molar-refractivity contribution in [2.45, 2.75) is 110 Å². The number of esters is 2. The third kappa shape index (κ3) is 37.3. The minimum Gasteiger partial charge on any atom is -0.461 e. The lowest BCUT2D eigenvalue weighted by Gasteiger charge is -2.18. The standard InChI is InChI=1S/C41H61O8P/c1-3-5-7-9-11-13-15-17-19-20-22-24-26-28-30-32-34-36-41(43)49-39(38-48-50(44,45)46)37-47-40(42)35-33-31-29-27-25-23-21-18-16-14-12-10-8-6-4-2/h5-8,11-14,17-19,21-22,24-25,27-28,30-31,33,39H,3-4,9-10,15-16,20,23,26,29,32,34-38H2,1-2H3,(H2,44,45,46)/b7-5-,8-6-,13-11-,14-12-,19-17-,21-18-,24-22-,27-25-,30-28-,33-31-. The first-order valence-electron chi connectivity index (χ1n) is 17.8. The van der Waals surface area contributed by atoms with Crippen molar-refractivity contribution in [1.29, 1.82) is 0 Å². The molecular formula is C41H61O8P. The van der Waals surface area contributed by atoms with Crippen LogP contribution in [0.5, 0.6) is 0 Å². The van der Waals surface area contributed by atoms with E-state index >= 15 is 0 Å². The van der Waals surface area contributed by atoms with Gasteiger partial charge in [-0.15, -0.1) is 0 Å². The number of allylic oxidation sites excluding steroid dienone is 19. The van der Waals surface area contributed by atoms with Crippen molar-refractivity contribution >= 4 is 19.8 Å². The van der Waals surface area contributed by atoms with Crippen LogP contribution in [0.2, 0.25) is 0 Å². The Balaban J connectivity index is 4.28. The summed E-state index contributed by atoms with van der Waals surface area (Å²) in [4.78, 5) is 42.6. The second-order valence-corrected chi connectivity index (χ2v) is 12.3. The number of carbonyl (C=O) groups excluding carboxylic acids is 2. The largest absolute Gasteiger partial charge is 0.469 e. The predicted molar refractivity (Wildman–Crippen MR) is 206 cm³/mol. The Morgan fingerprint density at radius 3 is 1.32 bits per heavy atom. The average molecular weight is 713 g/mol. The smallest absolute Gasteiger partial charge is 0.461 e. The van der Waals surface area contributed by atoms with Crippen LogP contribution in [0.4, 0.5) is 0 Å². The normalized spacial score (nSPS) is 13.9. The lowest BCUT2D eigenvalue weighted by molar-refractivity contribution is -0.160. The second kappa shape index (κ2) is 35.3. The van der Waals surface area contributed by atoms with Gasteiger partial charge in [-0.2, -0.15) is 0 Å². The van der Waals surface area contributed by atoms with Gasteiger partial charge in [0.1, 0.15) is 6.61 Å². The molecule has 0 heterocycles. The molecule has 1 atom stereocenters. The summed E-state index contributed by atoms with van der Waals surface area (Å²) in [5.74, 6) is -1.12. The monoisotopic (exact) mass is 712 g/mol. The second-order valence-electron chi connectivity index (χ2n) is 11.1. The molecule has 0 aliphatic heterocycles. The average Bonchev–Trinajstić information content (AvgIpc) is 3.08. The van der Waals surface area contributed by atoms with E-state index in [1.54, 1.807) is 6.08 Å². The van der Waals surface area contributed by atoms with E-state index in [9.17, 15) is 14.2 Å². The van der Waals surface area contributed by atoms with Crippen molar-refractivity contribution in [2.75, 3.05) is 13.2 Å². The van der Waals surface area contributed by atoms with Gasteiger partial charge in [-0.25, -0.2) is 4.57 Å². The minimum atomic E-state index is -4.79. The molecule has 0 aromatic carbocycles. The van der Waals surface area contributed by atoms with Gasteiger partial charge >= 0.3 is 19.8 Å². The van der Waals surface area contributed by atoms with Gasteiger partial charge in [-0.1, -0.05) is 135 Å². The molecule has 0 saturated carbocycles. The van der Waals surface area contributed by atoms with Gasteiger partial charge in [-0.3, -0.25) is 14.1 Å². The van der Waals surface area contributed by atoms with Gasteiger partial charge in [0.25, 0.3) is 0 Å². The summed E-state index contributed by atoms with van der Waals surface area (Å²) >= 11 is 0. The predicted octanol–water partition coefficient (Wildman–Crippen LogP) is 10.6. The van der Waals surface area contributed by atoms with Gasteiger partial charge < -0.3 is 19.3 Å². The van der Waals surface area contributed by atoms with Crippen molar-refractivity contribution in [1.82, 2.24) is 0 Å². The number of unbranched alkanes of at least 4 members (excludes halogenated alkanes) is 1. The van der Waals surface area contributed by atoms with Crippen molar-refractivity contribution < 1.29 is 37.9 Å². The maximum absolute atomic E-state index is 12.3. The van der Waals surface area contributed by atoms with Gasteiger partial charge in [0.2, 0.25) is 0 Å². The zero-order valence-corrected chi connectivity index (χ0v) is 31.1. The van der Waals surface area contributed by atoms with E-state index in [1.165, 1.54) is 0 Å².